The van der Waals surface area contributed by atoms with Crippen molar-refractivity contribution in [1.82, 2.24) is 10.6 Å². The third-order valence-corrected chi connectivity index (χ3v) is 2.86. The first-order chi connectivity index (χ1) is 8.56. The zero-order chi connectivity index (χ0) is 13.1. The topological polar surface area (TPSA) is 84.2 Å². The van der Waals surface area contributed by atoms with Gasteiger partial charge in [-0.25, -0.2) is 4.39 Å². The van der Waals surface area contributed by atoms with Crippen LogP contribution in [0.2, 0.25) is 0 Å². The highest BCUT2D eigenvalue weighted by Gasteiger charge is 2.20. The summed E-state index contributed by atoms with van der Waals surface area (Å²) in [5.41, 5.74) is 5.65. The Balaban J connectivity index is 1.99. The number of hydrogen-bond donors (Lipinski definition) is 3. The van der Waals surface area contributed by atoms with E-state index in [4.69, 9.17) is 5.73 Å². The van der Waals surface area contributed by atoms with E-state index in [1.54, 1.807) is 0 Å². The number of benzene rings is 1. The molecule has 1 aromatic carbocycles. The van der Waals surface area contributed by atoms with Crippen molar-refractivity contribution in [3.05, 3.63) is 29.6 Å². The molecule has 0 saturated carbocycles. The van der Waals surface area contributed by atoms with Crippen molar-refractivity contribution in [3.8, 4) is 0 Å². The van der Waals surface area contributed by atoms with Crippen LogP contribution in [0, 0.1) is 5.82 Å². The fourth-order valence-electron chi connectivity index (χ4n) is 1.81. The zero-order valence-electron chi connectivity index (χ0n) is 9.70. The first-order valence-electron chi connectivity index (χ1n) is 5.69. The van der Waals surface area contributed by atoms with Crippen molar-refractivity contribution < 1.29 is 14.0 Å². The summed E-state index contributed by atoms with van der Waals surface area (Å²) in [4.78, 5) is 22.8. The number of carbonyl (C=O) groups excluding carboxylic acids is 2. The maximum absolute atomic E-state index is 13.0. The van der Waals surface area contributed by atoms with Gasteiger partial charge in [-0.3, -0.25) is 9.59 Å². The smallest absolute Gasteiger partial charge is 0.251 e. The molecule has 0 aromatic heterocycles. The molecule has 1 atom stereocenters. The van der Waals surface area contributed by atoms with Crippen molar-refractivity contribution in [1.29, 1.82) is 0 Å². The molecule has 6 heteroatoms. The quantitative estimate of drug-likeness (QED) is 0.666. The highest BCUT2D eigenvalue weighted by Crippen LogP contribution is 2.13. The van der Waals surface area contributed by atoms with Gasteiger partial charge in [-0.15, -0.1) is 0 Å². The van der Waals surface area contributed by atoms with E-state index in [2.05, 4.69) is 10.6 Å². The predicted molar refractivity (Wildman–Crippen MR) is 64.3 cm³/mol. The molecule has 5 nitrogen and oxygen atoms in total. The molecule has 18 heavy (non-hydrogen) atoms. The molecule has 0 spiro atoms. The highest BCUT2D eigenvalue weighted by molar-refractivity contribution is 5.95. The number of nitrogens with two attached hydrogens (primary N) is 1. The van der Waals surface area contributed by atoms with Crippen LogP contribution in [0.5, 0.6) is 0 Å². The lowest BCUT2D eigenvalue weighted by Gasteiger charge is -2.23. The number of halogens is 1. The van der Waals surface area contributed by atoms with E-state index in [-0.39, 0.29) is 23.5 Å². The van der Waals surface area contributed by atoms with Gasteiger partial charge < -0.3 is 16.4 Å². The first-order valence-corrected chi connectivity index (χ1v) is 5.69. The SMILES string of the molecule is Nc1cc(C(=O)NC2CCC(=O)NC2)ccc1F. The summed E-state index contributed by atoms with van der Waals surface area (Å²) in [7, 11) is 0. The van der Waals surface area contributed by atoms with Gasteiger partial charge in [0.15, 0.2) is 0 Å². The molecule has 1 fully saturated rings. The number of amides is 2. The van der Waals surface area contributed by atoms with Crippen LogP contribution >= 0.6 is 0 Å². The Hall–Kier alpha value is -2.11. The maximum Gasteiger partial charge on any atom is 0.251 e. The van der Waals surface area contributed by atoms with Crippen LogP contribution in [0.1, 0.15) is 23.2 Å². The number of hydrogen-bond acceptors (Lipinski definition) is 3. The Morgan fingerprint density at radius 2 is 2.28 bits per heavy atom. The summed E-state index contributed by atoms with van der Waals surface area (Å²) in [6, 6.07) is 3.74. The van der Waals surface area contributed by atoms with E-state index in [0.29, 0.717) is 24.9 Å². The van der Waals surface area contributed by atoms with Crippen LogP contribution in [-0.4, -0.2) is 24.4 Å². The predicted octanol–water partition coefficient (Wildman–Crippen LogP) is 0.416. The Kier molecular flexibility index (Phi) is 3.45. The maximum atomic E-state index is 13.0. The molecule has 1 unspecified atom stereocenters. The van der Waals surface area contributed by atoms with Crippen LogP contribution in [0.15, 0.2) is 18.2 Å². The molecule has 1 heterocycles. The van der Waals surface area contributed by atoms with E-state index >= 15 is 0 Å². The van der Waals surface area contributed by atoms with Gasteiger partial charge in [0.1, 0.15) is 5.82 Å². The molecule has 1 aliphatic rings. The minimum absolute atomic E-state index is 0.00785. The molecule has 1 aliphatic heterocycles. The Labute approximate surface area is 104 Å². The van der Waals surface area contributed by atoms with Gasteiger partial charge in [0.2, 0.25) is 5.91 Å². The summed E-state index contributed by atoms with van der Waals surface area (Å²) in [6.07, 6.45) is 1.00. The van der Waals surface area contributed by atoms with Crippen LogP contribution in [0.3, 0.4) is 0 Å². The van der Waals surface area contributed by atoms with Gasteiger partial charge in [0.05, 0.1) is 5.69 Å². The van der Waals surface area contributed by atoms with Crippen LogP contribution in [-0.2, 0) is 4.79 Å². The van der Waals surface area contributed by atoms with Gasteiger partial charge in [-0.1, -0.05) is 0 Å². The minimum atomic E-state index is -0.545. The number of anilines is 1. The van der Waals surface area contributed by atoms with Gasteiger partial charge in [0, 0.05) is 24.6 Å². The van der Waals surface area contributed by atoms with Gasteiger partial charge in [0.25, 0.3) is 5.91 Å². The Bertz CT molecular complexity index is 480. The number of rotatable bonds is 2. The average molecular weight is 251 g/mol. The highest BCUT2D eigenvalue weighted by atomic mass is 19.1. The van der Waals surface area contributed by atoms with Crippen molar-refractivity contribution in [2.24, 2.45) is 0 Å². The lowest BCUT2D eigenvalue weighted by Crippen LogP contribution is -2.47. The standard InChI is InChI=1S/C12H14FN3O2/c13-9-3-1-7(5-10(9)14)12(18)16-8-2-4-11(17)15-6-8/h1,3,5,8H,2,4,6,14H2,(H,15,17)(H,16,18). The number of nitrogens with one attached hydrogen (secondary N) is 2. The fraction of sp³-hybridized carbons (Fsp3) is 0.333. The first kappa shape index (κ1) is 12.3. The monoisotopic (exact) mass is 251 g/mol. The van der Waals surface area contributed by atoms with Gasteiger partial charge in [-0.2, -0.15) is 0 Å². The third kappa shape index (κ3) is 2.77. The molecule has 96 valence electrons. The number of nitrogen functional groups attached to an aromatic ring is 1. The zero-order valence-corrected chi connectivity index (χ0v) is 9.70. The van der Waals surface area contributed by atoms with E-state index < -0.39 is 5.82 Å². The van der Waals surface area contributed by atoms with Crippen molar-refractivity contribution in [2.45, 2.75) is 18.9 Å². The lowest BCUT2D eigenvalue weighted by atomic mass is 10.1. The molecule has 2 rings (SSSR count). The molecular formula is C12H14FN3O2. The van der Waals surface area contributed by atoms with E-state index in [9.17, 15) is 14.0 Å². The van der Waals surface area contributed by atoms with Crippen LogP contribution < -0.4 is 16.4 Å². The second-order valence-corrected chi connectivity index (χ2v) is 4.25. The molecule has 1 aromatic rings. The van der Waals surface area contributed by atoms with Gasteiger partial charge >= 0.3 is 0 Å². The molecule has 1 saturated heterocycles. The van der Waals surface area contributed by atoms with E-state index in [1.165, 1.54) is 12.1 Å². The summed E-state index contributed by atoms with van der Waals surface area (Å²) < 4.78 is 13.0. The van der Waals surface area contributed by atoms with Crippen molar-refractivity contribution in [2.75, 3.05) is 12.3 Å². The summed E-state index contributed by atoms with van der Waals surface area (Å²) in [5, 5.41) is 5.44. The Morgan fingerprint density at radius 3 is 2.89 bits per heavy atom. The molecule has 4 N–H and O–H groups in total. The summed E-state index contributed by atoms with van der Waals surface area (Å²) >= 11 is 0. The second kappa shape index (κ2) is 5.03. The number of piperidine rings is 1. The van der Waals surface area contributed by atoms with Crippen LogP contribution in [0.4, 0.5) is 10.1 Å². The van der Waals surface area contributed by atoms with Crippen LogP contribution in [0.25, 0.3) is 0 Å². The van der Waals surface area contributed by atoms with Crippen molar-refractivity contribution >= 4 is 17.5 Å². The minimum Gasteiger partial charge on any atom is -0.396 e. The molecule has 0 bridgehead atoms. The normalized spacial score (nSPS) is 19.2. The summed E-state index contributed by atoms with van der Waals surface area (Å²) in [6.45, 7) is 0.418. The van der Waals surface area contributed by atoms with E-state index in [1.807, 2.05) is 0 Å². The number of carbonyl (C=O) groups is 2. The third-order valence-electron chi connectivity index (χ3n) is 2.86. The largest absolute Gasteiger partial charge is 0.396 e. The van der Waals surface area contributed by atoms with Crippen molar-refractivity contribution in [3.63, 3.8) is 0 Å². The Morgan fingerprint density at radius 1 is 1.50 bits per heavy atom. The summed E-state index contributed by atoms with van der Waals surface area (Å²) in [5.74, 6) is -0.870. The molecule has 0 radical (unpaired) electrons. The molecule has 2 amide bonds. The van der Waals surface area contributed by atoms with E-state index in [0.717, 1.165) is 6.07 Å². The lowest BCUT2D eigenvalue weighted by molar-refractivity contribution is -0.122. The van der Waals surface area contributed by atoms with Gasteiger partial charge in [-0.05, 0) is 24.6 Å². The fourth-order valence-corrected chi connectivity index (χ4v) is 1.81. The molecular weight excluding hydrogens is 237 g/mol. The molecule has 0 aliphatic carbocycles. The second-order valence-electron chi connectivity index (χ2n) is 4.25. The average Bonchev–Trinajstić information content (AvgIpc) is 2.35.